The molecule has 0 saturated carbocycles. The van der Waals surface area contributed by atoms with Gasteiger partial charge in [0, 0.05) is 11.6 Å². The molecule has 2 aromatic carbocycles. The van der Waals surface area contributed by atoms with Gasteiger partial charge in [0.25, 0.3) is 0 Å². The van der Waals surface area contributed by atoms with Crippen LogP contribution in [-0.2, 0) is 16.0 Å². The summed E-state index contributed by atoms with van der Waals surface area (Å²) in [7, 11) is 0. The van der Waals surface area contributed by atoms with Crippen molar-refractivity contribution in [3.63, 3.8) is 0 Å². The fraction of sp³-hybridized carbons (Fsp3) is 0.423. The minimum Gasteiger partial charge on any atom is -0.486 e. The quantitative estimate of drug-likeness (QED) is 0.366. The number of benzene rings is 2. The van der Waals surface area contributed by atoms with E-state index in [1.165, 1.54) is 12.0 Å². The molecule has 1 heterocycles. The summed E-state index contributed by atoms with van der Waals surface area (Å²) in [6.45, 7) is 11.5. The molecule has 6 heteroatoms. The standard InChI is InChI=1S/C10H17NO2.C8H6ClN.C8H9Cl/c1-3-13-10(8-12)7-11-5-4-9(2)6-11;1-6-2-3-7(5-10)8(9)4-6;1-2-7-5-3-4-6-8(7)9/h9H,3-7H2,1-2H3;2-4H,1H3;3-6H,2H2,1H3. The highest BCUT2D eigenvalue weighted by atomic mass is 35.5. The molecule has 0 aliphatic carbocycles. The third-order valence-corrected chi connectivity index (χ3v) is 5.57. The van der Waals surface area contributed by atoms with Crippen molar-refractivity contribution in [1.29, 1.82) is 5.26 Å². The second kappa shape index (κ2) is 15.5. The first-order valence-electron chi connectivity index (χ1n) is 10.8. The third kappa shape index (κ3) is 10.4. The average molecular weight is 475 g/mol. The second-order valence-electron chi connectivity index (χ2n) is 7.63. The van der Waals surface area contributed by atoms with Crippen LogP contribution in [0.1, 0.15) is 43.9 Å². The fourth-order valence-electron chi connectivity index (χ4n) is 3.15. The molecule has 1 aliphatic heterocycles. The van der Waals surface area contributed by atoms with E-state index in [4.69, 9.17) is 33.2 Å². The summed E-state index contributed by atoms with van der Waals surface area (Å²) in [4.78, 5) is 12.7. The number of nitrogens with zero attached hydrogens (tertiary/aromatic N) is 2. The molecule has 1 aliphatic rings. The van der Waals surface area contributed by atoms with Gasteiger partial charge < -0.3 is 4.74 Å². The van der Waals surface area contributed by atoms with E-state index in [0.717, 1.165) is 36.0 Å². The van der Waals surface area contributed by atoms with Crippen LogP contribution in [0.5, 0.6) is 0 Å². The molecule has 0 radical (unpaired) electrons. The van der Waals surface area contributed by atoms with Crippen LogP contribution in [0.4, 0.5) is 0 Å². The first kappa shape index (κ1) is 27.8. The van der Waals surface area contributed by atoms with Crippen LogP contribution in [-0.4, -0.2) is 37.1 Å². The summed E-state index contributed by atoms with van der Waals surface area (Å²) in [5.41, 5.74) is 2.83. The number of likely N-dealkylation sites (tertiary alicyclic amines) is 1. The van der Waals surface area contributed by atoms with Crippen LogP contribution < -0.4 is 0 Å². The van der Waals surface area contributed by atoms with Crippen LogP contribution in [0.15, 0.2) is 48.2 Å². The van der Waals surface area contributed by atoms with E-state index in [0.29, 0.717) is 29.5 Å². The smallest absolute Gasteiger partial charge is 0.193 e. The Hall–Kier alpha value is -2.28. The number of hydrogen-bond donors (Lipinski definition) is 0. The van der Waals surface area contributed by atoms with Crippen molar-refractivity contribution in [2.24, 2.45) is 5.92 Å². The topological polar surface area (TPSA) is 53.3 Å². The summed E-state index contributed by atoms with van der Waals surface area (Å²) >= 11 is 11.5. The number of halogens is 2. The molecule has 172 valence electrons. The molecule has 0 bridgehead atoms. The molecular formula is C26H32Cl2N2O2. The highest BCUT2D eigenvalue weighted by molar-refractivity contribution is 6.31. The fourth-order valence-corrected chi connectivity index (χ4v) is 3.70. The molecule has 1 atom stereocenters. The van der Waals surface area contributed by atoms with Gasteiger partial charge in [-0.3, -0.25) is 4.90 Å². The van der Waals surface area contributed by atoms with Crippen molar-refractivity contribution in [1.82, 2.24) is 4.90 Å². The van der Waals surface area contributed by atoms with E-state index in [2.05, 4.69) is 18.7 Å². The molecule has 0 aromatic heterocycles. The lowest BCUT2D eigenvalue weighted by Gasteiger charge is -2.15. The molecule has 3 rings (SSSR count). The third-order valence-electron chi connectivity index (χ3n) is 4.89. The minimum absolute atomic E-state index is 0.441. The minimum atomic E-state index is 0.441. The zero-order valence-electron chi connectivity index (χ0n) is 19.3. The number of ether oxygens (including phenoxy) is 1. The Balaban J connectivity index is 0.000000245. The zero-order valence-corrected chi connectivity index (χ0v) is 20.8. The molecule has 0 N–H and O–H groups in total. The van der Waals surface area contributed by atoms with Gasteiger partial charge in [0.15, 0.2) is 11.7 Å². The molecular weight excluding hydrogens is 443 g/mol. The van der Waals surface area contributed by atoms with Crippen LogP contribution >= 0.6 is 23.2 Å². The predicted octanol–water partition coefficient (Wildman–Crippen LogP) is 6.50. The lowest BCUT2D eigenvalue weighted by Crippen LogP contribution is -2.24. The summed E-state index contributed by atoms with van der Waals surface area (Å²) < 4.78 is 5.14. The number of aryl methyl sites for hydroxylation is 2. The van der Waals surface area contributed by atoms with Crippen LogP contribution in [0, 0.1) is 24.2 Å². The van der Waals surface area contributed by atoms with E-state index >= 15 is 0 Å². The van der Waals surface area contributed by atoms with E-state index < -0.39 is 0 Å². The Morgan fingerprint density at radius 3 is 2.38 bits per heavy atom. The predicted molar refractivity (Wildman–Crippen MR) is 133 cm³/mol. The van der Waals surface area contributed by atoms with Gasteiger partial charge >= 0.3 is 0 Å². The molecule has 1 fully saturated rings. The van der Waals surface area contributed by atoms with Crippen LogP contribution in [0.25, 0.3) is 0 Å². The number of nitriles is 1. The lowest BCUT2D eigenvalue weighted by molar-refractivity contribution is 0.194. The van der Waals surface area contributed by atoms with Gasteiger partial charge in [-0.05, 0) is 68.5 Å². The highest BCUT2D eigenvalue weighted by Crippen LogP contribution is 2.17. The second-order valence-corrected chi connectivity index (χ2v) is 8.44. The van der Waals surface area contributed by atoms with Crippen molar-refractivity contribution in [3.8, 4) is 6.07 Å². The van der Waals surface area contributed by atoms with E-state index in [9.17, 15) is 4.79 Å². The molecule has 2 aromatic rings. The maximum Gasteiger partial charge on any atom is 0.193 e. The van der Waals surface area contributed by atoms with Crippen LogP contribution in [0.2, 0.25) is 10.0 Å². The zero-order chi connectivity index (χ0) is 23.9. The average Bonchev–Trinajstić information content (AvgIpc) is 3.19. The van der Waals surface area contributed by atoms with Crippen molar-refractivity contribution >= 4 is 29.1 Å². The van der Waals surface area contributed by atoms with E-state index in [1.54, 1.807) is 12.1 Å². The molecule has 1 unspecified atom stereocenters. The van der Waals surface area contributed by atoms with Crippen molar-refractivity contribution < 1.29 is 9.53 Å². The molecule has 32 heavy (non-hydrogen) atoms. The van der Waals surface area contributed by atoms with Gasteiger partial charge in [-0.25, -0.2) is 4.79 Å². The molecule has 1 saturated heterocycles. The normalized spacial score (nSPS) is 14.7. The Kier molecular flexibility index (Phi) is 13.5. The number of hydrogen-bond acceptors (Lipinski definition) is 4. The SMILES string of the molecule is CCOC(=C=O)CN1CCC(C)C1.CCc1ccccc1Cl.Cc1ccc(C#N)c(Cl)c1. The summed E-state index contributed by atoms with van der Waals surface area (Å²) in [6, 6.07) is 15.3. The molecule has 0 spiro atoms. The number of carbonyl (C=O) groups excluding carboxylic acids is 1. The summed E-state index contributed by atoms with van der Waals surface area (Å²) in [6.07, 6.45) is 2.23. The largest absolute Gasteiger partial charge is 0.486 e. The monoisotopic (exact) mass is 474 g/mol. The molecule has 4 nitrogen and oxygen atoms in total. The van der Waals surface area contributed by atoms with Crippen molar-refractivity contribution in [2.75, 3.05) is 26.2 Å². The Morgan fingerprint density at radius 2 is 1.91 bits per heavy atom. The maximum absolute atomic E-state index is 10.5. The molecule has 0 amide bonds. The Bertz CT molecular complexity index is 934. The van der Waals surface area contributed by atoms with E-state index in [-0.39, 0.29) is 0 Å². The maximum atomic E-state index is 10.5. The van der Waals surface area contributed by atoms with Crippen molar-refractivity contribution in [2.45, 2.75) is 40.5 Å². The lowest BCUT2D eigenvalue weighted by atomic mass is 10.2. The summed E-state index contributed by atoms with van der Waals surface area (Å²) in [5, 5.41) is 9.88. The van der Waals surface area contributed by atoms with Crippen LogP contribution in [0.3, 0.4) is 0 Å². The van der Waals surface area contributed by atoms with Gasteiger partial charge in [-0.2, -0.15) is 5.26 Å². The number of rotatable bonds is 5. The van der Waals surface area contributed by atoms with Crippen molar-refractivity contribution in [3.05, 3.63) is 75.0 Å². The first-order valence-corrected chi connectivity index (χ1v) is 11.6. The Labute approximate surface area is 202 Å². The van der Waals surface area contributed by atoms with Gasteiger partial charge in [0.1, 0.15) is 6.07 Å². The van der Waals surface area contributed by atoms with Gasteiger partial charge in [-0.15, -0.1) is 0 Å². The first-order chi connectivity index (χ1) is 15.3. The summed E-state index contributed by atoms with van der Waals surface area (Å²) in [5.74, 6) is 3.03. The van der Waals surface area contributed by atoms with Gasteiger partial charge in [-0.1, -0.05) is 61.3 Å². The highest BCUT2D eigenvalue weighted by Gasteiger charge is 2.19. The Morgan fingerprint density at radius 1 is 1.19 bits per heavy atom. The van der Waals surface area contributed by atoms with E-state index in [1.807, 2.05) is 56.2 Å². The van der Waals surface area contributed by atoms with Gasteiger partial charge in [0.2, 0.25) is 0 Å². The van der Waals surface area contributed by atoms with Gasteiger partial charge in [0.05, 0.1) is 23.7 Å².